The molecule has 0 unspecified atom stereocenters. The van der Waals surface area contributed by atoms with Crippen LogP contribution in [0.25, 0.3) is 0 Å². The summed E-state index contributed by atoms with van der Waals surface area (Å²) in [6.07, 6.45) is 20.4. The molecule has 0 heterocycles. The quantitative estimate of drug-likeness (QED) is 0.613. The maximum atomic E-state index is 13.5. The van der Waals surface area contributed by atoms with E-state index in [1.54, 1.807) is 0 Å². The van der Waals surface area contributed by atoms with E-state index in [4.69, 9.17) is 4.74 Å². The number of hydrogen-bond donors (Lipinski definition) is 0. The minimum absolute atomic E-state index is 0.0748. The molecule has 0 spiro atoms. The van der Waals surface area contributed by atoms with Crippen molar-refractivity contribution in [1.29, 1.82) is 0 Å². The fraction of sp³-hybridized carbons (Fsp3) is 0.957. The summed E-state index contributed by atoms with van der Waals surface area (Å²) in [5, 5.41) is 0. The topological polar surface area (TPSA) is 29.5 Å². The van der Waals surface area contributed by atoms with E-state index in [0.29, 0.717) is 12.1 Å². The summed E-state index contributed by atoms with van der Waals surface area (Å²) in [4.78, 5) is 15.8. The van der Waals surface area contributed by atoms with Crippen LogP contribution in [0.4, 0.5) is 4.79 Å². The van der Waals surface area contributed by atoms with E-state index < -0.39 is 0 Å². The molecule has 3 nitrogen and oxygen atoms in total. The molecule has 1 amide bonds. The van der Waals surface area contributed by atoms with E-state index in [0.717, 1.165) is 37.0 Å². The zero-order valence-electron chi connectivity index (χ0n) is 16.5. The van der Waals surface area contributed by atoms with Crippen molar-refractivity contribution < 1.29 is 9.53 Å². The van der Waals surface area contributed by atoms with Gasteiger partial charge in [-0.1, -0.05) is 38.5 Å². The normalized spacial score (nSPS) is 40.5. The van der Waals surface area contributed by atoms with Gasteiger partial charge in [0.1, 0.15) is 5.60 Å². The Hall–Kier alpha value is -0.730. The third-order valence-corrected chi connectivity index (χ3v) is 8.43. The molecule has 3 heteroatoms. The van der Waals surface area contributed by atoms with Crippen LogP contribution in [0, 0.1) is 17.8 Å². The van der Waals surface area contributed by atoms with Gasteiger partial charge in [0, 0.05) is 12.1 Å². The Kier molecular flexibility index (Phi) is 4.69. The number of amides is 1. The van der Waals surface area contributed by atoms with Gasteiger partial charge in [-0.3, -0.25) is 0 Å². The molecule has 6 fully saturated rings. The predicted molar refractivity (Wildman–Crippen MR) is 103 cm³/mol. The van der Waals surface area contributed by atoms with Crippen molar-refractivity contribution in [2.75, 3.05) is 0 Å². The summed E-state index contributed by atoms with van der Waals surface area (Å²) in [5.41, 5.74) is -0.0899. The van der Waals surface area contributed by atoms with Gasteiger partial charge in [-0.2, -0.15) is 0 Å². The van der Waals surface area contributed by atoms with Gasteiger partial charge in [0.2, 0.25) is 0 Å². The van der Waals surface area contributed by atoms with Crippen LogP contribution in [0.1, 0.15) is 103 Å². The molecule has 4 bridgehead atoms. The second kappa shape index (κ2) is 7.02. The molecule has 0 aromatic carbocycles. The summed E-state index contributed by atoms with van der Waals surface area (Å²) in [6, 6.07) is 0.904. The SMILES string of the molecule is O=C(OC12CC3CC(CC(C3)C1)C2)N(C1CCCCC1)C1CCCCC1. The average molecular weight is 360 g/mol. The monoisotopic (exact) mass is 359 g/mol. The van der Waals surface area contributed by atoms with Gasteiger partial charge in [-0.05, 0) is 82.0 Å². The first-order valence-corrected chi connectivity index (χ1v) is 11.7. The molecule has 146 valence electrons. The van der Waals surface area contributed by atoms with Gasteiger partial charge in [-0.15, -0.1) is 0 Å². The van der Waals surface area contributed by atoms with Crippen molar-refractivity contribution in [2.45, 2.75) is 120 Å². The van der Waals surface area contributed by atoms with Crippen LogP contribution in [-0.4, -0.2) is 28.7 Å². The Balaban J connectivity index is 1.33. The Morgan fingerprint density at radius 3 is 1.54 bits per heavy atom. The highest BCUT2D eigenvalue weighted by atomic mass is 16.6. The van der Waals surface area contributed by atoms with Crippen LogP contribution in [0.5, 0.6) is 0 Å². The summed E-state index contributed by atoms with van der Waals surface area (Å²) in [5.74, 6) is 2.52. The highest BCUT2D eigenvalue weighted by Gasteiger charge is 2.54. The predicted octanol–water partition coefficient (Wildman–Crippen LogP) is 6.06. The molecule has 0 atom stereocenters. The number of carbonyl (C=O) groups excluding carboxylic acids is 1. The smallest absolute Gasteiger partial charge is 0.410 e. The second-order valence-corrected chi connectivity index (χ2v) is 10.5. The Bertz CT molecular complexity index is 465. The number of ether oxygens (including phenoxy) is 1. The highest BCUT2D eigenvalue weighted by molar-refractivity contribution is 5.69. The maximum Gasteiger partial charge on any atom is 0.410 e. The van der Waals surface area contributed by atoms with E-state index in [1.165, 1.54) is 83.5 Å². The van der Waals surface area contributed by atoms with E-state index >= 15 is 0 Å². The Labute approximate surface area is 159 Å². The molecule has 6 aliphatic rings. The number of rotatable bonds is 3. The van der Waals surface area contributed by atoms with Gasteiger partial charge >= 0.3 is 6.09 Å². The van der Waals surface area contributed by atoms with Crippen LogP contribution in [0.3, 0.4) is 0 Å². The molecule has 0 saturated heterocycles. The first kappa shape index (κ1) is 17.4. The first-order valence-electron chi connectivity index (χ1n) is 11.7. The third kappa shape index (κ3) is 3.29. The van der Waals surface area contributed by atoms with Gasteiger partial charge in [0.05, 0.1) is 0 Å². The van der Waals surface area contributed by atoms with Crippen LogP contribution >= 0.6 is 0 Å². The molecule has 0 aliphatic heterocycles. The van der Waals surface area contributed by atoms with Crippen molar-refractivity contribution >= 4 is 6.09 Å². The summed E-state index contributed by atoms with van der Waals surface area (Å²) >= 11 is 0. The Morgan fingerprint density at radius 1 is 0.692 bits per heavy atom. The van der Waals surface area contributed by atoms with Crippen LogP contribution < -0.4 is 0 Å². The van der Waals surface area contributed by atoms with Crippen molar-refractivity contribution in [3.63, 3.8) is 0 Å². The number of carbonyl (C=O) groups is 1. The fourth-order valence-corrected chi connectivity index (χ4v) is 7.71. The van der Waals surface area contributed by atoms with Crippen molar-refractivity contribution in [3.05, 3.63) is 0 Å². The molecular formula is C23H37NO2. The summed E-state index contributed by atoms with van der Waals surface area (Å²) < 4.78 is 6.51. The van der Waals surface area contributed by atoms with Gasteiger partial charge in [0.25, 0.3) is 0 Å². The van der Waals surface area contributed by atoms with Crippen LogP contribution in [0.15, 0.2) is 0 Å². The van der Waals surface area contributed by atoms with Crippen molar-refractivity contribution in [1.82, 2.24) is 4.90 Å². The Morgan fingerprint density at radius 2 is 1.12 bits per heavy atom. The number of nitrogens with zero attached hydrogens (tertiary/aromatic N) is 1. The molecule has 0 N–H and O–H groups in total. The molecular weight excluding hydrogens is 322 g/mol. The minimum atomic E-state index is -0.0899. The molecule has 0 radical (unpaired) electrons. The van der Waals surface area contributed by atoms with Crippen LogP contribution in [0.2, 0.25) is 0 Å². The minimum Gasteiger partial charge on any atom is -0.443 e. The van der Waals surface area contributed by atoms with Crippen LogP contribution in [-0.2, 0) is 4.74 Å². The van der Waals surface area contributed by atoms with E-state index in [1.807, 2.05) is 0 Å². The third-order valence-electron chi connectivity index (χ3n) is 8.43. The van der Waals surface area contributed by atoms with Crippen molar-refractivity contribution in [2.24, 2.45) is 17.8 Å². The highest BCUT2D eigenvalue weighted by Crippen LogP contribution is 2.57. The maximum absolute atomic E-state index is 13.5. The second-order valence-electron chi connectivity index (χ2n) is 10.5. The molecule has 0 aromatic rings. The van der Waals surface area contributed by atoms with E-state index in [-0.39, 0.29) is 11.7 Å². The lowest BCUT2D eigenvalue weighted by Crippen LogP contribution is -2.56. The van der Waals surface area contributed by atoms with Gasteiger partial charge in [-0.25, -0.2) is 4.79 Å². The molecule has 0 aromatic heterocycles. The standard InChI is InChI=1S/C23H37NO2/c25-22(26-23-14-17-11-18(15-23)13-19(12-17)16-23)24(20-7-3-1-4-8-20)21-9-5-2-6-10-21/h17-21H,1-16H2. The lowest BCUT2D eigenvalue weighted by Gasteiger charge is -2.56. The first-order chi connectivity index (χ1) is 12.7. The number of hydrogen-bond acceptors (Lipinski definition) is 2. The van der Waals surface area contributed by atoms with Crippen molar-refractivity contribution in [3.8, 4) is 0 Å². The molecule has 26 heavy (non-hydrogen) atoms. The summed E-state index contributed by atoms with van der Waals surface area (Å²) in [6.45, 7) is 0. The zero-order chi connectivity index (χ0) is 17.6. The van der Waals surface area contributed by atoms with E-state index in [2.05, 4.69) is 4.90 Å². The molecule has 6 rings (SSSR count). The fourth-order valence-electron chi connectivity index (χ4n) is 7.71. The molecule has 6 aliphatic carbocycles. The lowest BCUT2D eigenvalue weighted by molar-refractivity contribution is -0.138. The van der Waals surface area contributed by atoms with Gasteiger partial charge < -0.3 is 9.64 Å². The summed E-state index contributed by atoms with van der Waals surface area (Å²) in [7, 11) is 0. The average Bonchev–Trinajstić information content (AvgIpc) is 2.62. The largest absolute Gasteiger partial charge is 0.443 e. The van der Waals surface area contributed by atoms with E-state index in [9.17, 15) is 4.79 Å². The lowest BCUT2D eigenvalue weighted by atomic mass is 9.54. The van der Waals surface area contributed by atoms with Gasteiger partial charge in [0.15, 0.2) is 0 Å². The zero-order valence-corrected chi connectivity index (χ0v) is 16.5. The molecule has 6 saturated carbocycles.